The van der Waals surface area contributed by atoms with Crippen LogP contribution in [0, 0.1) is 6.92 Å². The first-order valence-corrected chi connectivity index (χ1v) is 15.8. The molecule has 4 amide bonds. The maximum atomic E-state index is 13.8. The van der Waals surface area contributed by atoms with Crippen LogP contribution in [0.2, 0.25) is 0 Å². The number of ether oxygens (including phenoxy) is 1. The summed E-state index contributed by atoms with van der Waals surface area (Å²) >= 11 is 2.65. The second-order valence-corrected chi connectivity index (χ2v) is 11.9. The molecular formula is C30H35N5O4S2. The molecule has 1 N–H and O–H groups in total. The van der Waals surface area contributed by atoms with Gasteiger partial charge in [0.1, 0.15) is 6.04 Å². The predicted octanol–water partition coefficient (Wildman–Crippen LogP) is 4.69. The summed E-state index contributed by atoms with van der Waals surface area (Å²) in [5.74, 6) is -0.192. The van der Waals surface area contributed by atoms with Crippen LogP contribution in [0.1, 0.15) is 39.2 Å². The van der Waals surface area contributed by atoms with Crippen molar-refractivity contribution in [3.63, 3.8) is 0 Å². The van der Waals surface area contributed by atoms with Gasteiger partial charge in [-0.15, -0.1) is 0 Å². The van der Waals surface area contributed by atoms with Gasteiger partial charge in [-0.25, -0.2) is 8.51 Å². The summed E-state index contributed by atoms with van der Waals surface area (Å²) in [6, 6.07) is 16.8. The van der Waals surface area contributed by atoms with Gasteiger partial charge in [0, 0.05) is 68.8 Å². The van der Waals surface area contributed by atoms with Gasteiger partial charge in [0.25, 0.3) is 11.8 Å². The predicted molar refractivity (Wildman–Crippen MR) is 164 cm³/mol. The van der Waals surface area contributed by atoms with Crippen molar-refractivity contribution < 1.29 is 19.1 Å². The summed E-state index contributed by atoms with van der Waals surface area (Å²) in [4.78, 5) is 43.5. The molecule has 1 aromatic heterocycles. The van der Waals surface area contributed by atoms with Gasteiger partial charge >= 0.3 is 6.03 Å². The average molecular weight is 594 g/mol. The van der Waals surface area contributed by atoms with Crippen LogP contribution in [0.25, 0.3) is 0 Å². The summed E-state index contributed by atoms with van der Waals surface area (Å²) in [6.45, 7) is 3.78. The number of benzene rings is 2. The van der Waals surface area contributed by atoms with E-state index in [0.717, 1.165) is 34.6 Å². The number of nitrogens with one attached hydrogen (secondary N) is 1. The van der Waals surface area contributed by atoms with Crippen molar-refractivity contribution in [1.82, 2.24) is 18.5 Å². The first-order chi connectivity index (χ1) is 19.8. The highest BCUT2D eigenvalue weighted by Gasteiger charge is 2.41. The lowest BCUT2D eigenvalue weighted by molar-refractivity contribution is -0.126. The molecule has 216 valence electrons. The summed E-state index contributed by atoms with van der Waals surface area (Å²) < 4.78 is 9.25. The topological polar surface area (TPSA) is 87.1 Å². The van der Waals surface area contributed by atoms with Crippen LogP contribution in [0.3, 0.4) is 0 Å². The summed E-state index contributed by atoms with van der Waals surface area (Å²) in [7, 11) is 1.60. The molecule has 0 radical (unpaired) electrons. The molecule has 1 saturated heterocycles. The van der Waals surface area contributed by atoms with Gasteiger partial charge in [-0.1, -0.05) is 24.3 Å². The Morgan fingerprint density at radius 1 is 1.05 bits per heavy atom. The molecular weight excluding hydrogens is 558 g/mol. The highest BCUT2D eigenvalue weighted by molar-refractivity contribution is 8.12. The zero-order valence-corrected chi connectivity index (χ0v) is 25.3. The number of amides is 4. The van der Waals surface area contributed by atoms with E-state index in [4.69, 9.17) is 4.74 Å². The Morgan fingerprint density at radius 2 is 1.83 bits per heavy atom. The van der Waals surface area contributed by atoms with E-state index in [1.54, 1.807) is 15.7 Å². The molecule has 9 nitrogen and oxygen atoms in total. The molecule has 11 heteroatoms. The summed E-state index contributed by atoms with van der Waals surface area (Å²) in [5, 5.41) is 2.98. The molecule has 2 atom stereocenters. The van der Waals surface area contributed by atoms with Gasteiger partial charge in [0.2, 0.25) is 0 Å². The van der Waals surface area contributed by atoms with Crippen molar-refractivity contribution in [3.05, 3.63) is 88.7 Å². The minimum absolute atomic E-state index is 0.0676. The molecule has 3 heterocycles. The number of aromatic nitrogens is 1. The molecule has 0 aliphatic carbocycles. The Morgan fingerprint density at radius 3 is 2.56 bits per heavy atom. The number of carbonyl (C=O) groups excluding carboxylic acids is 3. The summed E-state index contributed by atoms with van der Waals surface area (Å²) in [6.07, 6.45) is 5.98. The SMILES string of the molecule is CO[C@@H]1C[C@@H](C(=O)N(SC)SC)N(C(=O)NCc2ccc(C(=O)N3Cc4cccn4Cc4ccccc43)cc2C)C1. The van der Waals surface area contributed by atoms with E-state index < -0.39 is 6.04 Å². The molecule has 41 heavy (non-hydrogen) atoms. The van der Waals surface area contributed by atoms with Crippen molar-refractivity contribution in [2.24, 2.45) is 0 Å². The third-order valence-corrected chi connectivity index (χ3v) is 9.70. The van der Waals surface area contributed by atoms with E-state index in [1.807, 2.05) is 73.0 Å². The van der Waals surface area contributed by atoms with Crippen LogP contribution in [-0.4, -0.2) is 69.3 Å². The molecule has 0 bridgehead atoms. The smallest absolute Gasteiger partial charge is 0.318 e. The van der Waals surface area contributed by atoms with Gasteiger partial charge in [0.15, 0.2) is 0 Å². The molecule has 1 fully saturated rings. The number of para-hydroxylation sites is 1. The highest BCUT2D eigenvalue weighted by atomic mass is 32.2. The molecule has 2 aliphatic rings. The van der Waals surface area contributed by atoms with E-state index >= 15 is 0 Å². The van der Waals surface area contributed by atoms with Crippen molar-refractivity contribution in [3.8, 4) is 0 Å². The van der Waals surface area contributed by atoms with Crippen molar-refractivity contribution in [1.29, 1.82) is 0 Å². The molecule has 3 aromatic rings. The Kier molecular flexibility index (Phi) is 8.96. The minimum atomic E-state index is -0.585. The number of hydrogen-bond donors (Lipinski definition) is 1. The number of anilines is 1. The van der Waals surface area contributed by atoms with Crippen LogP contribution in [0.15, 0.2) is 60.8 Å². The number of rotatable bonds is 7. The Bertz CT molecular complexity index is 1440. The van der Waals surface area contributed by atoms with Gasteiger partial charge in [0.05, 0.1) is 12.6 Å². The first kappa shape index (κ1) is 29.1. The van der Waals surface area contributed by atoms with Crippen LogP contribution >= 0.6 is 23.9 Å². The number of methoxy groups -OCH3 is 1. The highest BCUT2D eigenvalue weighted by Crippen LogP contribution is 2.30. The fourth-order valence-corrected chi connectivity index (χ4v) is 6.72. The number of hydrogen-bond acceptors (Lipinski definition) is 6. The van der Waals surface area contributed by atoms with Gasteiger partial charge in [-0.3, -0.25) is 9.59 Å². The molecule has 0 unspecified atom stereocenters. The Balaban J connectivity index is 1.29. The third kappa shape index (κ3) is 5.98. The van der Waals surface area contributed by atoms with Crippen LogP contribution in [0.5, 0.6) is 0 Å². The van der Waals surface area contributed by atoms with Crippen LogP contribution in [-0.2, 0) is 29.2 Å². The number of aryl methyl sites for hydroxylation is 1. The monoisotopic (exact) mass is 593 g/mol. The lowest BCUT2D eigenvalue weighted by Crippen LogP contribution is -2.48. The third-order valence-electron chi connectivity index (χ3n) is 7.79. The van der Waals surface area contributed by atoms with E-state index in [9.17, 15) is 14.4 Å². The van der Waals surface area contributed by atoms with Crippen molar-refractivity contribution in [2.75, 3.05) is 31.1 Å². The first-order valence-electron chi connectivity index (χ1n) is 13.5. The lowest BCUT2D eigenvalue weighted by atomic mass is 10.0. The largest absolute Gasteiger partial charge is 0.380 e. The lowest BCUT2D eigenvalue weighted by Gasteiger charge is -2.27. The Labute approximate surface area is 249 Å². The molecule has 5 rings (SSSR count). The van der Waals surface area contributed by atoms with E-state index in [-0.39, 0.29) is 30.5 Å². The van der Waals surface area contributed by atoms with Gasteiger partial charge < -0.3 is 24.4 Å². The number of likely N-dealkylation sites (tertiary alicyclic amines) is 1. The molecule has 0 saturated carbocycles. The second-order valence-electron chi connectivity index (χ2n) is 10.2. The number of carbonyl (C=O) groups is 3. The zero-order chi connectivity index (χ0) is 29.1. The number of fused-ring (bicyclic) bond motifs is 2. The molecule has 0 spiro atoms. The van der Waals surface area contributed by atoms with Crippen LogP contribution < -0.4 is 10.2 Å². The fourth-order valence-electron chi connectivity index (χ4n) is 5.53. The zero-order valence-electron chi connectivity index (χ0n) is 23.7. The summed E-state index contributed by atoms with van der Waals surface area (Å²) in [5.41, 5.74) is 5.50. The molecule has 2 aromatic carbocycles. The Hall–Kier alpha value is -3.41. The maximum absolute atomic E-state index is 13.8. The van der Waals surface area contributed by atoms with Crippen LogP contribution in [0.4, 0.5) is 10.5 Å². The number of urea groups is 1. The van der Waals surface area contributed by atoms with Gasteiger partial charge in [-0.05, 0) is 77.8 Å². The van der Waals surface area contributed by atoms with E-state index in [1.165, 1.54) is 23.9 Å². The average Bonchev–Trinajstić information content (AvgIpc) is 3.59. The number of nitrogens with zero attached hydrogens (tertiary/aromatic N) is 4. The van der Waals surface area contributed by atoms with E-state index in [0.29, 0.717) is 25.1 Å². The van der Waals surface area contributed by atoms with Gasteiger partial charge in [-0.2, -0.15) is 0 Å². The molecule has 2 aliphatic heterocycles. The second kappa shape index (κ2) is 12.6. The quantitative estimate of drug-likeness (QED) is 0.400. The minimum Gasteiger partial charge on any atom is -0.380 e. The van der Waals surface area contributed by atoms with Crippen molar-refractivity contribution >= 4 is 47.4 Å². The fraction of sp³-hybridized carbons (Fsp3) is 0.367. The normalized spacial score (nSPS) is 18.0. The van der Waals surface area contributed by atoms with Crippen molar-refractivity contribution in [2.45, 2.75) is 45.1 Å². The maximum Gasteiger partial charge on any atom is 0.318 e. The standard InChI is InChI=1S/C30H35N5O4S2/c1-20-14-21(28(36)33-18-24-9-7-13-32(24)17-23-8-5-6-10-26(23)33)11-12-22(20)16-31-30(38)34-19-25(39-2)15-27(34)29(37)35(40-3)41-4/h5-14,25,27H,15-19H2,1-4H3,(H,31,38)/t25-,27+/m1/s1. The van der Waals surface area contributed by atoms with E-state index in [2.05, 4.69) is 22.0 Å².